The number of nitrogens with zero attached hydrogens (tertiary/aromatic N) is 1. The number of anilines is 1. The lowest BCUT2D eigenvalue weighted by Crippen LogP contribution is -2.22. The second kappa shape index (κ2) is 8.78. The fourth-order valence-corrected chi connectivity index (χ4v) is 3.27. The van der Waals surface area contributed by atoms with E-state index < -0.39 is 0 Å². The van der Waals surface area contributed by atoms with Gasteiger partial charge in [0, 0.05) is 23.2 Å². The number of hydrogen-bond acceptors (Lipinski definition) is 4. The summed E-state index contributed by atoms with van der Waals surface area (Å²) in [4.78, 5) is 12.3. The molecule has 2 unspecified atom stereocenters. The molecule has 2 N–H and O–H groups in total. The fraction of sp³-hybridized carbons (Fsp3) is 0.238. The number of hydrogen-bond donors (Lipinski definition) is 2. The van der Waals surface area contributed by atoms with E-state index in [1.54, 1.807) is 19.1 Å². The smallest absolute Gasteiger partial charge is 0.277 e. The van der Waals surface area contributed by atoms with Crippen LogP contribution in [0.15, 0.2) is 53.1 Å². The third kappa shape index (κ3) is 4.93. The summed E-state index contributed by atoms with van der Waals surface area (Å²) < 4.78 is 4.95. The molecule has 5 nitrogen and oxygen atoms in total. The summed E-state index contributed by atoms with van der Waals surface area (Å²) in [6, 6.07) is 15.0. The van der Waals surface area contributed by atoms with E-state index in [1.165, 1.54) is 0 Å². The van der Waals surface area contributed by atoms with Crippen LogP contribution in [0, 0.1) is 6.92 Å². The third-order valence-electron chi connectivity index (χ3n) is 4.45. The van der Waals surface area contributed by atoms with E-state index in [4.69, 9.17) is 27.7 Å². The topological polar surface area (TPSA) is 67.2 Å². The van der Waals surface area contributed by atoms with Crippen LogP contribution in [-0.2, 0) is 0 Å². The molecule has 0 aliphatic carbocycles. The summed E-state index contributed by atoms with van der Waals surface area (Å²) in [5.41, 5.74) is 2.82. The van der Waals surface area contributed by atoms with Crippen molar-refractivity contribution in [2.24, 2.45) is 0 Å². The zero-order chi connectivity index (χ0) is 20.3. The first-order valence-corrected chi connectivity index (χ1v) is 9.64. The molecule has 1 aromatic heterocycles. The average molecular weight is 418 g/mol. The first kappa shape index (κ1) is 20.4. The molecule has 0 saturated heterocycles. The van der Waals surface area contributed by atoms with Gasteiger partial charge in [0.25, 0.3) is 5.91 Å². The van der Waals surface area contributed by atoms with Crippen molar-refractivity contribution in [1.29, 1.82) is 0 Å². The van der Waals surface area contributed by atoms with Crippen LogP contribution in [0.25, 0.3) is 0 Å². The molecule has 2 aromatic carbocycles. The van der Waals surface area contributed by atoms with Gasteiger partial charge < -0.3 is 15.2 Å². The van der Waals surface area contributed by atoms with Gasteiger partial charge in [-0.25, -0.2) is 0 Å². The van der Waals surface area contributed by atoms with E-state index in [9.17, 15) is 4.79 Å². The van der Waals surface area contributed by atoms with Gasteiger partial charge in [0.1, 0.15) is 5.76 Å². The highest BCUT2D eigenvalue weighted by molar-refractivity contribution is 6.34. The lowest BCUT2D eigenvalue weighted by Gasteiger charge is -2.22. The molecular formula is C21H21Cl2N3O2. The molecule has 0 spiro atoms. The van der Waals surface area contributed by atoms with E-state index >= 15 is 0 Å². The Morgan fingerprint density at radius 2 is 1.75 bits per heavy atom. The number of amides is 1. The number of benzene rings is 2. The van der Waals surface area contributed by atoms with Crippen LogP contribution < -0.4 is 10.6 Å². The predicted molar refractivity (Wildman–Crippen MR) is 112 cm³/mol. The number of rotatable bonds is 6. The Morgan fingerprint density at radius 1 is 1.04 bits per heavy atom. The minimum atomic E-state index is -0.371. The first-order chi connectivity index (χ1) is 13.3. The fourth-order valence-electron chi connectivity index (χ4n) is 2.91. The van der Waals surface area contributed by atoms with Crippen LogP contribution in [0.3, 0.4) is 0 Å². The molecule has 0 radical (unpaired) electrons. The molecule has 3 rings (SSSR count). The van der Waals surface area contributed by atoms with Crippen LogP contribution in [-0.4, -0.2) is 11.1 Å². The SMILES string of the molecule is Cc1cc(C(=O)Nc2cc(C(C)NC(C)c3cccc(Cl)c3)ccc2Cl)no1. The highest BCUT2D eigenvalue weighted by Gasteiger charge is 2.16. The lowest BCUT2D eigenvalue weighted by molar-refractivity contribution is 0.101. The normalized spacial score (nSPS) is 13.2. The van der Waals surface area contributed by atoms with Crippen molar-refractivity contribution in [3.8, 4) is 0 Å². The number of carbonyl (C=O) groups excluding carboxylic acids is 1. The van der Waals surface area contributed by atoms with Crippen LogP contribution in [0.2, 0.25) is 10.0 Å². The highest BCUT2D eigenvalue weighted by atomic mass is 35.5. The van der Waals surface area contributed by atoms with E-state index in [2.05, 4.69) is 29.6 Å². The van der Waals surface area contributed by atoms with Crippen molar-refractivity contribution in [3.63, 3.8) is 0 Å². The molecule has 0 fully saturated rings. The Morgan fingerprint density at radius 3 is 2.39 bits per heavy atom. The lowest BCUT2D eigenvalue weighted by atomic mass is 10.0. The summed E-state index contributed by atoms with van der Waals surface area (Å²) in [7, 11) is 0. The van der Waals surface area contributed by atoms with Gasteiger partial charge in [-0.05, 0) is 56.2 Å². The number of halogens is 2. The zero-order valence-electron chi connectivity index (χ0n) is 15.8. The van der Waals surface area contributed by atoms with Gasteiger partial charge in [-0.1, -0.05) is 46.6 Å². The van der Waals surface area contributed by atoms with Crippen LogP contribution >= 0.6 is 23.2 Å². The van der Waals surface area contributed by atoms with E-state index in [0.717, 1.165) is 11.1 Å². The minimum Gasteiger partial charge on any atom is -0.361 e. The Labute approximate surface area is 174 Å². The van der Waals surface area contributed by atoms with Gasteiger partial charge in [-0.2, -0.15) is 0 Å². The first-order valence-electron chi connectivity index (χ1n) is 8.89. The third-order valence-corrected chi connectivity index (χ3v) is 5.01. The Bertz CT molecular complexity index is 987. The minimum absolute atomic E-state index is 0.0243. The van der Waals surface area contributed by atoms with Crippen molar-refractivity contribution in [2.45, 2.75) is 32.9 Å². The summed E-state index contributed by atoms with van der Waals surface area (Å²) >= 11 is 12.3. The van der Waals surface area contributed by atoms with Crippen LogP contribution in [0.1, 0.15) is 53.3 Å². The largest absolute Gasteiger partial charge is 0.361 e. The van der Waals surface area contributed by atoms with Gasteiger partial charge in [0.15, 0.2) is 5.69 Å². The second-order valence-electron chi connectivity index (χ2n) is 6.68. The maximum absolute atomic E-state index is 12.3. The van der Waals surface area contributed by atoms with Crippen molar-refractivity contribution < 1.29 is 9.32 Å². The molecule has 7 heteroatoms. The molecule has 1 heterocycles. The quantitative estimate of drug-likeness (QED) is 0.519. The molecule has 0 aliphatic rings. The second-order valence-corrected chi connectivity index (χ2v) is 7.52. The van der Waals surface area contributed by atoms with Gasteiger partial charge in [-0.3, -0.25) is 4.79 Å². The maximum atomic E-state index is 12.3. The molecule has 1 amide bonds. The Hall–Kier alpha value is -2.34. The van der Waals surface area contributed by atoms with Gasteiger partial charge >= 0.3 is 0 Å². The zero-order valence-corrected chi connectivity index (χ0v) is 17.3. The molecule has 0 aliphatic heterocycles. The molecule has 146 valence electrons. The molecule has 0 bridgehead atoms. The Kier molecular flexibility index (Phi) is 6.39. The predicted octanol–water partition coefficient (Wildman–Crippen LogP) is 5.95. The molecule has 3 aromatic rings. The van der Waals surface area contributed by atoms with Gasteiger partial charge in [0.2, 0.25) is 0 Å². The maximum Gasteiger partial charge on any atom is 0.277 e. The number of aryl methyl sites for hydroxylation is 1. The summed E-state index contributed by atoms with van der Waals surface area (Å²) in [6.07, 6.45) is 0. The molecule has 0 saturated carbocycles. The monoisotopic (exact) mass is 417 g/mol. The number of carbonyl (C=O) groups is 1. The summed E-state index contributed by atoms with van der Waals surface area (Å²) in [5, 5.41) is 11.2. The van der Waals surface area contributed by atoms with E-state index in [-0.39, 0.29) is 23.7 Å². The van der Waals surface area contributed by atoms with E-state index in [1.807, 2.05) is 36.4 Å². The van der Waals surface area contributed by atoms with Gasteiger partial charge in [-0.15, -0.1) is 0 Å². The molecule has 28 heavy (non-hydrogen) atoms. The highest BCUT2D eigenvalue weighted by Crippen LogP contribution is 2.28. The van der Waals surface area contributed by atoms with Crippen LogP contribution in [0.4, 0.5) is 5.69 Å². The molecular weight excluding hydrogens is 397 g/mol. The summed E-state index contributed by atoms with van der Waals surface area (Å²) in [6.45, 7) is 5.86. The number of nitrogens with one attached hydrogen (secondary N) is 2. The van der Waals surface area contributed by atoms with Gasteiger partial charge in [0.05, 0.1) is 10.7 Å². The molecule has 2 atom stereocenters. The van der Waals surface area contributed by atoms with Crippen LogP contribution in [0.5, 0.6) is 0 Å². The van der Waals surface area contributed by atoms with Crippen molar-refractivity contribution >= 4 is 34.8 Å². The average Bonchev–Trinajstić information content (AvgIpc) is 3.10. The van der Waals surface area contributed by atoms with Crippen molar-refractivity contribution in [2.75, 3.05) is 5.32 Å². The Balaban J connectivity index is 1.73. The van der Waals surface area contributed by atoms with E-state index in [0.29, 0.717) is 21.5 Å². The van der Waals surface area contributed by atoms with Crippen molar-refractivity contribution in [1.82, 2.24) is 10.5 Å². The number of aromatic nitrogens is 1. The standard InChI is InChI=1S/C21H21Cl2N3O2/c1-12-9-20(26-28-12)21(27)25-19-11-16(7-8-18(19)23)14(3)24-13(2)15-5-4-6-17(22)10-15/h4-11,13-14,24H,1-3H3,(H,25,27). The summed E-state index contributed by atoms with van der Waals surface area (Å²) in [5.74, 6) is 0.196. The van der Waals surface area contributed by atoms with Crippen molar-refractivity contribution in [3.05, 3.63) is 81.2 Å².